The summed E-state index contributed by atoms with van der Waals surface area (Å²) in [4.78, 5) is 0. The molecule has 0 spiro atoms. The first-order valence-corrected chi connectivity index (χ1v) is 6.76. The Morgan fingerprint density at radius 3 is 2.71 bits per heavy atom. The average Bonchev–Trinajstić information content (AvgIpc) is 2.09. The second kappa shape index (κ2) is 5.09. The number of hydrogen-bond acceptors (Lipinski definition) is 3. The van der Waals surface area contributed by atoms with Gasteiger partial charge in [-0.2, -0.15) is 0 Å². The molecule has 0 amide bonds. The molecule has 0 aromatic rings. The normalized spacial score (nSPS) is 24.7. The van der Waals surface area contributed by atoms with Crippen molar-refractivity contribution in [1.29, 1.82) is 0 Å². The molecule has 0 radical (unpaired) electrons. The van der Waals surface area contributed by atoms with E-state index in [0.717, 1.165) is 12.8 Å². The maximum atomic E-state index is 11.6. The first kappa shape index (κ1) is 11.9. The summed E-state index contributed by atoms with van der Waals surface area (Å²) in [6.07, 6.45) is 2.42. The molecule has 1 saturated heterocycles. The van der Waals surface area contributed by atoms with Crippen LogP contribution in [0.25, 0.3) is 0 Å². The van der Waals surface area contributed by atoms with Crippen LogP contribution in [0.3, 0.4) is 0 Å². The smallest absolute Gasteiger partial charge is 0.214 e. The molecule has 4 nitrogen and oxygen atoms in total. The van der Waals surface area contributed by atoms with Gasteiger partial charge in [0.25, 0.3) is 0 Å². The Balaban J connectivity index is 2.49. The third kappa shape index (κ3) is 3.22. The predicted molar refractivity (Wildman–Crippen MR) is 55.5 cm³/mol. The number of nitrogens with zero attached hydrogens (tertiary/aromatic N) is 1. The standard InChI is InChI=1S/C9H19NO3S/c1-9(4-6-11)8-10-5-2-3-7-14(10,12)13/h9,11H,2-8H2,1H3. The Morgan fingerprint density at radius 1 is 1.43 bits per heavy atom. The van der Waals surface area contributed by atoms with Gasteiger partial charge in [0.1, 0.15) is 0 Å². The summed E-state index contributed by atoms with van der Waals surface area (Å²) in [7, 11) is -2.99. The largest absolute Gasteiger partial charge is 0.396 e. The van der Waals surface area contributed by atoms with Crippen molar-refractivity contribution in [1.82, 2.24) is 4.31 Å². The number of aliphatic hydroxyl groups is 1. The molecule has 0 bridgehead atoms. The van der Waals surface area contributed by atoms with Crippen LogP contribution in [0.4, 0.5) is 0 Å². The van der Waals surface area contributed by atoms with Crippen molar-refractivity contribution in [2.24, 2.45) is 5.92 Å². The summed E-state index contributed by atoms with van der Waals surface area (Å²) in [5.74, 6) is 0.534. The SMILES string of the molecule is CC(CCO)CN1CCCCS1(=O)=O. The molecule has 0 aromatic carbocycles. The van der Waals surface area contributed by atoms with E-state index in [1.165, 1.54) is 0 Å². The highest BCUT2D eigenvalue weighted by Gasteiger charge is 2.26. The summed E-state index contributed by atoms with van der Waals surface area (Å²) < 4.78 is 24.7. The molecule has 1 heterocycles. The summed E-state index contributed by atoms with van der Waals surface area (Å²) in [6, 6.07) is 0. The highest BCUT2D eigenvalue weighted by Crippen LogP contribution is 2.16. The lowest BCUT2D eigenvalue weighted by Gasteiger charge is -2.28. The van der Waals surface area contributed by atoms with Crippen molar-refractivity contribution in [2.45, 2.75) is 26.2 Å². The van der Waals surface area contributed by atoms with E-state index in [1.807, 2.05) is 6.92 Å². The highest BCUT2D eigenvalue weighted by molar-refractivity contribution is 7.89. The first-order valence-electron chi connectivity index (χ1n) is 5.15. The average molecular weight is 221 g/mol. The topological polar surface area (TPSA) is 57.6 Å². The van der Waals surface area contributed by atoms with Gasteiger partial charge in [-0.3, -0.25) is 0 Å². The van der Waals surface area contributed by atoms with E-state index in [1.54, 1.807) is 4.31 Å². The van der Waals surface area contributed by atoms with Gasteiger partial charge in [0.2, 0.25) is 10.0 Å². The predicted octanol–water partition coefficient (Wildman–Crippen LogP) is 0.431. The second-order valence-corrected chi connectivity index (χ2v) is 6.09. The van der Waals surface area contributed by atoms with E-state index < -0.39 is 10.0 Å². The van der Waals surface area contributed by atoms with E-state index in [9.17, 15) is 8.42 Å². The Kier molecular flexibility index (Phi) is 4.34. The van der Waals surface area contributed by atoms with Gasteiger partial charge < -0.3 is 5.11 Å². The van der Waals surface area contributed by atoms with Crippen LogP contribution >= 0.6 is 0 Å². The van der Waals surface area contributed by atoms with Crippen LogP contribution in [0, 0.1) is 5.92 Å². The quantitative estimate of drug-likeness (QED) is 0.749. The van der Waals surface area contributed by atoms with Crippen LogP contribution in [-0.4, -0.2) is 43.3 Å². The molecule has 5 heteroatoms. The van der Waals surface area contributed by atoms with Gasteiger partial charge in [-0.1, -0.05) is 6.92 Å². The summed E-state index contributed by atoms with van der Waals surface area (Å²) in [6.45, 7) is 3.32. The van der Waals surface area contributed by atoms with Crippen molar-refractivity contribution in [3.8, 4) is 0 Å². The van der Waals surface area contributed by atoms with Crippen LogP contribution < -0.4 is 0 Å². The minimum absolute atomic E-state index is 0.134. The zero-order valence-corrected chi connectivity index (χ0v) is 9.46. The molecule has 1 unspecified atom stereocenters. The summed E-state index contributed by atoms with van der Waals surface area (Å²) in [5.41, 5.74) is 0. The van der Waals surface area contributed by atoms with Gasteiger partial charge in [-0.05, 0) is 25.2 Å². The molecule has 1 rings (SSSR count). The summed E-state index contributed by atoms with van der Waals surface area (Å²) >= 11 is 0. The van der Waals surface area contributed by atoms with Crippen molar-refractivity contribution in [3.05, 3.63) is 0 Å². The Hall–Kier alpha value is -0.130. The van der Waals surface area contributed by atoms with E-state index in [-0.39, 0.29) is 12.5 Å². The Labute approximate surface area is 86.0 Å². The minimum atomic E-state index is -2.99. The molecular formula is C9H19NO3S. The highest BCUT2D eigenvalue weighted by atomic mass is 32.2. The van der Waals surface area contributed by atoms with Gasteiger partial charge >= 0.3 is 0 Å². The van der Waals surface area contributed by atoms with Crippen molar-refractivity contribution >= 4 is 10.0 Å². The number of hydrogen-bond donors (Lipinski definition) is 1. The minimum Gasteiger partial charge on any atom is -0.396 e. The van der Waals surface area contributed by atoms with Crippen LogP contribution in [0.2, 0.25) is 0 Å². The molecule has 84 valence electrons. The van der Waals surface area contributed by atoms with E-state index in [0.29, 0.717) is 25.3 Å². The monoisotopic (exact) mass is 221 g/mol. The molecule has 1 atom stereocenters. The maximum Gasteiger partial charge on any atom is 0.214 e. The number of aliphatic hydroxyl groups excluding tert-OH is 1. The molecule has 0 aromatic heterocycles. The Bertz CT molecular complexity index is 263. The first-order chi connectivity index (χ1) is 6.56. The van der Waals surface area contributed by atoms with Crippen LogP contribution in [0.1, 0.15) is 26.2 Å². The second-order valence-electron chi connectivity index (χ2n) is 4.00. The number of sulfonamides is 1. The summed E-state index contributed by atoms with van der Waals surface area (Å²) in [5, 5.41) is 8.73. The lowest BCUT2D eigenvalue weighted by molar-refractivity contribution is 0.242. The fourth-order valence-electron chi connectivity index (χ4n) is 1.70. The molecule has 0 saturated carbocycles. The van der Waals surface area contributed by atoms with Gasteiger partial charge in [-0.15, -0.1) is 0 Å². The van der Waals surface area contributed by atoms with Crippen LogP contribution in [0.5, 0.6) is 0 Å². The molecule has 1 fully saturated rings. The van der Waals surface area contributed by atoms with E-state index in [2.05, 4.69) is 0 Å². The van der Waals surface area contributed by atoms with Crippen LogP contribution in [-0.2, 0) is 10.0 Å². The van der Waals surface area contributed by atoms with Crippen molar-refractivity contribution in [2.75, 3.05) is 25.4 Å². The van der Waals surface area contributed by atoms with Crippen molar-refractivity contribution in [3.63, 3.8) is 0 Å². The van der Waals surface area contributed by atoms with Crippen molar-refractivity contribution < 1.29 is 13.5 Å². The fraction of sp³-hybridized carbons (Fsp3) is 1.00. The molecule has 1 aliphatic heterocycles. The van der Waals surface area contributed by atoms with Gasteiger partial charge in [0.05, 0.1) is 5.75 Å². The Morgan fingerprint density at radius 2 is 2.14 bits per heavy atom. The molecule has 0 aliphatic carbocycles. The third-order valence-electron chi connectivity index (χ3n) is 2.59. The lowest BCUT2D eigenvalue weighted by Crippen LogP contribution is -2.40. The zero-order chi connectivity index (χ0) is 10.6. The van der Waals surface area contributed by atoms with E-state index >= 15 is 0 Å². The molecule has 14 heavy (non-hydrogen) atoms. The molecule has 1 N–H and O–H groups in total. The van der Waals surface area contributed by atoms with Gasteiger partial charge in [0, 0.05) is 19.7 Å². The van der Waals surface area contributed by atoms with Crippen LogP contribution in [0.15, 0.2) is 0 Å². The lowest BCUT2D eigenvalue weighted by atomic mass is 10.1. The molecule has 1 aliphatic rings. The van der Waals surface area contributed by atoms with Gasteiger partial charge in [-0.25, -0.2) is 12.7 Å². The maximum absolute atomic E-state index is 11.6. The third-order valence-corrected chi connectivity index (χ3v) is 4.51. The number of rotatable bonds is 4. The molecular weight excluding hydrogens is 202 g/mol. The fourth-order valence-corrected chi connectivity index (χ4v) is 3.42. The van der Waals surface area contributed by atoms with Gasteiger partial charge in [0.15, 0.2) is 0 Å². The zero-order valence-electron chi connectivity index (χ0n) is 8.65. The van der Waals surface area contributed by atoms with E-state index in [4.69, 9.17) is 5.11 Å².